The minimum Gasteiger partial charge on any atom is -0.380 e. The van der Waals surface area contributed by atoms with Gasteiger partial charge in [0.25, 0.3) is 0 Å². The molecule has 5 unspecified atom stereocenters. The Kier molecular flexibility index (Phi) is 1.96. The summed E-state index contributed by atoms with van der Waals surface area (Å²) in [5.41, 5.74) is 1.02. The van der Waals surface area contributed by atoms with E-state index in [0.717, 1.165) is 12.8 Å². The van der Waals surface area contributed by atoms with Crippen molar-refractivity contribution in [3.05, 3.63) is 12.2 Å². The van der Waals surface area contributed by atoms with E-state index in [2.05, 4.69) is 13.5 Å². The quantitative estimate of drug-likeness (QED) is 0.528. The monoisotopic (exact) mass is 220 g/mol. The van der Waals surface area contributed by atoms with Gasteiger partial charge in [0.2, 0.25) is 0 Å². The molecule has 0 radical (unpaired) electrons. The van der Waals surface area contributed by atoms with Crippen LogP contribution in [0.2, 0.25) is 0 Å². The maximum absolute atomic E-state index is 11.8. The van der Waals surface area contributed by atoms with Crippen LogP contribution in [0.1, 0.15) is 32.6 Å². The predicted octanol–water partition coefficient (Wildman–Crippen LogP) is 2.58. The molecule has 2 bridgehead atoms. The van der Waals surface area contributed by atoms with Crippen molar-refractivity contribution in [1.82, 2.24) is 0 Å². The Morgan fingerprint density at radius 2 is 2.31 bits per heavy atom. The van der Waals surface area contributed by atoms with Gasteiger partial charge in [0.05, 0.1) is 11.5 Å². The minimum atomic E-state index is -0.262. The Bertz CT molecular complexity index is 362. The van der Waals surface area contributed by atoms with Gasteiger partial charge in [-0.2, -0.15) is 0 Å². The maximum Gasteiger partial charge on any atom is 0.129 e. The number of rotatable bonds is 2. The van der Waals surface area contributed by atoms with E-state index in [0.29, 0.717) is 11.8 Å². The molecule has 0 aromatic heterocycles. The van der Waals surface area contributed by atoms with Crippen LogP contribution in [0.15, 0.2) is 12.2 Å². The van der Waals surface area contributed by atoms with Gasteiger partial charge in [-0.15, -0.1) is 0 Å². The van der Waals surface area contributed by atoms with Crippen LogP contribution in [0.4, 0.5) is 0 Å². The summed E-state index contributed by atoms with van der Waals surface area (Å²) >= 11 is 0. The molecule has 2 nitrogen and oxygen atoms in total. The van der Waals surface area contributed by atoms with E-state index in [1.54, 1.807) is 7.11 Å². The highest BCUT2D eigenvalue weighted by atomic mass is 16.5. The summed E-state index contributed by atoms with van der Waals surface area (Å²) in [7, 11) is 1.75. The Labute approximate surface area is 97.1 Å². The van der Waals surface area contributed by atoms with E-state index in [4.69, 9.17) is 4.74 Å². The van der Waals surface area contributed by atoms with Crippen molar-refractivity contribution >= 4 is 6.29 Å². The predicted molar refractivity (Wildman–Crippen MR) is 62.0 cm³/mol. The van der Waals surface area contributed by atoms with Crippen molar-refractivity contribution in [3.8, 4) is 0 Å². The number of aldehydes is 1. The maximum atomic E-state index is 11.8. The lowest BCUT2D eigenvalue weighted by Gasteiger charge is -2.51. The van der Waals surface area contributed by atoms with E-state index in [9.17, 15) is 4.79 Å². The molecule has 16 heavy (non-hydrogen) atoms. The third-order valence-electron chi connectivity index (χ3n) is 5.84. The van der Waals surface area contributed by atoms with Gasteiger partial charge in [-0.1, -0.05) is 25.5 Å². The topological polar surface area (TPSA) is 26.3 Å². The van der Waals surface area contributed by atoms with Crippen LogP contribution in [0, 0.1) is 22.7 Å². The zero-order valence-electron chi connectivity index (χ0n) is 10.2. The first kappa shape index (κ1) is 10.5. The molecule has 0 N–H and O–H groups in total. The Morgan fingerprint density at radius 3 is 2.94 bits per heavy atom. The van der Waals surface area contributed by atoms with Crippen molar-refractivity contribution < 1.29 is 9.53 Å². The summed E-state index contributed by atoms with van der Waals surface area (Å²) in [6.45, 7) is 6.52. The SMILES string of the molecule is C=C1C2CC3CCCC1(C)C3(C=O)C2OC. The van der Waals surface area contributed by atoms with Crippen LogP contribution in [0.5, 0.6) is 0 Å². The number of methoxy groups -OCH3 is 1. The molecule has 5 atom stereocenters. The second-order valence-electron chi connectivity index (χ2n) is 6.00. The number of carbonyl (C=O) groups excluding carboxylic acids is 1. The molecule has 0 heterocycles. The number of ether oxygens (including phenoxy) is 1. The van der Waals surface area contributed by atoms with Gasteiger partial charge in [-0.3, -0.25) is 0 Å². The summed E-state index contributed by atoms with van der Waals surface area (Å²) in [6.07, 6.45) is 5.95. The number of carbonyl (C=O) groups is 1. The summed E-state index contributed by atoms with van der Waals surface area (Å²) < 4.78 is 5.67. The highest BCUT2D eigenvalue weighted by Crippen LogP contribution is 2.73. The summed E-state index contributed by atoms with van der Waals surface area (Å²) in [4.78, 5) is 11.8. The van der Waals surface area contributed by atoms with Crippen LogP contribution in [0.3, 0.4) is 0 Å². The van der Waals surface area contributed by atoms with Gasteiger partial charge < -0.3 is 9.53 Å². The highest BCUT2D eigenvalue weighted by Gasteiger charge is 2.72. The molecular formula is C14H20O2. The van der Waals surface area contributed by atoms with E-state index in [1.807, 2.05) is 0 Å². The van der Waals surface area contributed by atoms with Gasteiger partial charge in [-0.25, -0.2) is 0 Å². The highest BCUT2D eigenvalue weighted by molar-refractivity contribution is 5.69. The molecule has 3 saturated carbocycles. The zero-order chi connectivity index (χ0) is 11.6. The first-order chi connectivity index (χ1) is 7.61. The van der Waals surface area contributed by atoms with E-state index in [-0.39, 0.29) is 16.9 Å². The third kappa shape index (κ3) is 0.806. The zero-order valence-corrected chi connectivity index (χ0v) is 10.2. The molecule has 0 aromatic rings. The van der Waals surface area contributed by atoms with Crippen LogP contribution in [-0.4, -0.2) is 19.5 Å². The van der Waals surface area contributed by atoms with Crippen molar-refractivity contribution in [2.75, 3.05) is 7.11 Å². The molecule has 3 fully saturated rings. The molecule has 0 amide bonds. The van der Waals surface area contributed by atoms with Gasteiger partial charge >= 0.3 is 0 Å². The number of hydrogen-bond donors (Lipinski definition) is 0. The van der Waals surface area contributed by atoms with Gasteiger partial charge in [0, 0.05) is 18.4 Å². The van der Waals surface area contributed by atoms with Crippen LogP contribution >= 0.6 is 0 Å². The first-order valence-corrected chi connectivity index (χ1v) is 6.30. The van der Waals surface area contributed by atoms with Gasteiger partial charge in [0.15, 0.2) is 0 Å². The molecule has 0 aromatic carbocycles. The lowest BCUT2D eigenvalue weighted by Crippen LogP contribution is -2.51. The third-order valence-corrected chi connectivity index (χ3v) is 5.84. The standard InChI is InChI=1S/C14H20O2/c1-9-11-7-10-5-4-6-13(9,2)14(10,8-15)12(11)16-3/h8,10-12H,1,4-7H2,2-3H3. The van der Waals surface area contributed by atoms with Crippen LogP contribution in [-0.2, 0) is 9.53 Å². The number of hydrogen-bond acceptors (Lipinski definition) is 2. The van der Waals surface area contributed by atoms with E-state index < -0.39 is 0 Å². The second kappa shape index (κ2) is 2.98. The average Bonchev–Trinajstić information content (AvgIpc) is 2.70. The fourth-order valence-electron chi connectivity index (χ4n) is 5.06. The normalized spacial score (nSPS) is 54.4. The molecule has 0 saturated heterocycles. The summed E-state index contributed by atoms with van der Waals surface area (Å²) in [6, 6.07) is 0. The largest absolute Gasteiger partial charge is 0.380 e. The van der Waals surface area contributed by atoms with E-state index in [1.165, 1.54) is 24.7 Å². The van der Waals surface area contributed by atoms with Crippen molar-refractivity contribution in [2.24, 2.45) is 22.7 Å². The lowest BCUT2D eigenvalue weighted by atomic mass is 9.52. The van der Waals surface area contributed by atoms with Crippen molar-refractivity contribution in [3.63, 3.8) is 0 Å². The number of fused-ring (bicyclic) bond motifs is 1. The lowest BCUT2D eigenvalue weighted by molar-refractivity contribution is -0.138. The Hall–Kier alpha value is -0.630. The van der Waals surface area contributed by atoms with Gasteiger partial charge in [0.1, 0.15) is 6.29 Å². The molecule has 3 rings (SSSR count). The minimum absolute atomic E-state index is 0.00125. The smallest absolute Gasteiger partial charge is 0.129 e. The molecular weight excluding hydrogens is 200 g/mol. The molecule has 2 heteroatoms. The van der Waals surface area contributed by atoms with Crippen LogP contribution < -0.4 is 0 Å². The fraction of sp³-hybridized carbons (Fsp3) is 0.786. The molecule has 3 aliphatic carbocycles. The van der Waals surface area contributed by atoms with Gasteiger partial charge in [-0.05, 0) is 25.2 Å². The second-order valence-corrected chi connectivity index (χ2v) is 6.00. The fourth-order valence-corrected chi connectivity index (χ4v) is 5.06. The molecule has 0 aliphatic heterocycles. The summed E-state index contributed by atoms with van der Waals surface area (Å²) in [5.74, 6) is 0.953. The molecule has 0 spiro atoms. The van der Waals surface area contributed by atoms with E-state index >= 15 is 0 Å². The van der Waals surface area contributed by atoms with Crippen LogP contribution in [0.25, 0.3) is 0 Å². The molecule has 88 valence electrons. The van der Waals surface area contributed by atoms with Crippen molar-refractivity contribution in [1.29, 1.82) is 0 Å². The first-order valence-electron chi connectivity index (χ1n) is 6.30. The Morgan fingerprint density at radius 1 is 1.56 bits per heavy atom. The summed E-state index contributed by atoms with van der Waals surface area (Å²) in [5, 5.41) is 0. The Balaban J connectivity index is 2.19. The average molecular weight is 220 g/mol. The molecule has 3 aliphatic rings. The van der Waals surface area contributed by atoms with Crippen molar-refractivity contribution in [2.45, 2.75) is 38.7 Å².